The standard InChI is InChI=1S/C17H23ClN4O3/c1-19-14(24)16-8-15(9-16,25-17(16)2-4-20-5-3-17)10-22-13(23)12-6-11(18)7-21-12/h6-7,20-21H,2-5,8-10H2,1H3,(H,19,24)(H,22,23). The fourth-order valence-corrected chi connectivity index (χ4v) is 5.13. The first kappa shape index (κ1) is 16.9. The lowest BCUT2D eigenvalue weighted by Gasteiger charge is -2.47. The fourth-order valence-electron chi connectivity index (χ4n) is 4.97. The molecule has 0 atom stereocenters. The van der Waals surface area contributed by atoms with Gasteiger partial charge in [-0.25, -0.2) is 0 Å². The Morgan fingerprint density at radius 2 is 2.04 bits per heavy atom. The molecule has 3 saturated heterocycles. The number of nitrogens with one attached hydrogen (secondary N) is 4. The molecular formula is C17H23ClN4O3. The molecule has 1 aromatic rings. The first-order valence-corrected chi connectivity index (χ1v) is 9.07. The SMILES string of the molecule is CNC(=O)C12CC(CNC(=O)c3cc(Cl)c[nH]3)(C1)OC21CCNCC1. The topological polar surface area (TPSA) is 95.3 Å². The van der Waals surface area contributed by atoms with E-state index in [2.05, 4.69) is 20.9 Å². The van der Waals surface area contributed by atoms with Gasteiger partial charge < -0.3 is 25.7 Å². The zero-order chi connectivity index (χ0) is 17.7. The smallest absolute Gasteiger partial charge is 0.267 e. The number of carbonyl (C=O) groups excluding carboxylic acids is 2. The van der Waals surface area contributed by atoms with Crippen molar-refractivity contribution in [1.29, 1.82) is 0 Å². The molecule has 0 unspecified atom stereocenters. The summed E-state index contributed by atoms with van der Waals surface area (Å²) in [5, 5.41) is 9.58. The number of piperidine rings is 1. The van der Waals surface area contributed by atoms with Gasteiger partial charge in [0.2, 0.25) is 5.91 Å². The van der Waals surface area contributed by atoms with Crippen LogP contribution in [0.1, 0.15) is 36.2 Å². The fraction of sp³-hybridized carbons (Fsp3) is 0.647. The summed E-state index contributed by atoms with van der Waals surface area (Å²) >= 11 is 5.85. The van der Waals surface area contributed by atoms with Crippen molar-refractivity contribution in [2.75, 3.05) is 26.7 Å². The van der Waals surface area contributed by atoms with E-state index in [9.17, 15) is 9.59 Å². The molecule has 5 rings (SSSR count). The highest BCUT2D eigenvalue weighted by molar-refractivity contribution is 6.30. The maximum absolute atomic E-state index is 12.6. The van der Waals surface area contributed by atoms with Crippen LogP contribution < -0.4 is 16.0 Å². The number of H-pyrrole nitrogens is 1. The van der Waals surface area contributed by atoms with E-state index in [1.54, 1.807) is 19.3 Å². The molecule has 7 nitrogen and oxygen atoms in total. The van der Waals surface area contributed by atoms with Gasteiger partial charge in [0.1, 0.15) is 5.69 Å². The molecule has 4 heterocycles. The van der Waals surface area contributed by atoms with Crippen molar-refractivity contribution in [3.8, 4) is 0 Å². The van der Waals surface area contributed by atoms with E-state index in [0.717, 1.165) is 25.9 Å². The Kier molecular flexibility index (Phi) is 3.86. The van der Waals surface area contributed by atoms with E-state index in [1.807, 2.05) is 0 Å². The summed E-state index contributed by atoms with van der Waals surface area (Å²) < 4.78 is 6.52. The lowest BCUT2D eigenvalue weighted by Crippen LogP contribution is -2.61. The van der Waals surface area contributed by atoms with Gasteiger partial charge in [0.25, 0.3) is 5.91 Å². The van der Waals surface area contributed by atoms with Crippen molar-refractivity contribution in [2.45, 2.75) is 36.9 Å². The number of carbonyl (C=O) groups is 2. The molecule has 4 aliphatic rings. The monoisotopic (exact) mass is 366 g/mol. The molecule has 1 aromatic heterocycles. The van der Waals surface area contributed by atoms with Gasteiger partial charge in [-0.15, -0.1) is 0 Å². The molecule has 4 N–H and O–H groups in total. The average molecular weight is 367 g/mol. The predicted molar refractivity (Wildman–Crippen MR) is 92.5 cm³/mol. The number of hydrogen-bond donors (Lipinski definition) is 4. The number of ether oxygens (including phenoxy) is 1. The number of halogens is 1. The number of aromatic nitrogens is 1. The van der Waals surface area contributed by atoms with Gasteiger partial charge in [0.05, 0.1) is 21.6 Å². The van der Waals surface area contributed by atoms with Crippen LogP contribution in [-0.2, 0) is 9.53 Å². The predicted octanol–water partition coefficient (Wildman–Crippen LogP) is 0.815. The normalized spacial score (nSPS) is 32.2. The third-order valence-corrected chi connectivity index (χ3v) is 6.29. The van der Waals surface area contributed by atoms with E-state index in [4.69, 9.17) is 16.3 Å². The lowest BCUT2D eigenvalue weighted by atomic mass is 9.53. The van der Waals surface area contributed by atoms with Gasteiger partial charge in [-0.3, -0.25) is 9.59 Å². The van der Waals surface area contributed by atoms with Crippen LogP contribution in [0.3, 0.4) is 0 Å². The number of aromatic amines is 1. The second-order valence-corrected chi connectivity index (χ2v) is 7.89. The van der Waals surface area contributed by atoms with Gasteiger partial charge in [0, 0.05) is 19.8 Å². The minimum absolute atomic E-state index is 0.0602. The molecule has 1 spiro atoms. The average Bonchev–Trinajstić information content (AvgIpc) is 3.20. The molecular weight excluding hydrogens is 344 g/mol. The minimum atomic E-state index is -0.468. The summed E-state index contributed by atoms with van der Waals surface area (Å²) in [5.41, 5.74) is -0.910. The molecule has 136 valence electrons. The van der Waals surface area contributed by atoms with Crippen LogP contribution in [0, 0.1) is 5.41 Å². The van der Waals surface area contributed by atoms with E-state index >= 15 is 0 Å². The first-order valence-electron chi connectivity index (χ1n) is 8.70. The van der Waals surface area contributed by atoms with Crippen LogP contribution in [0.2, 0.25) is 5.02 Å². The van der Waals surface area contributed by atoms with Crippen LogP contribution in [0.25, 0.3) is 0 Å². The summed E-state index contributed by atoms with van der Waals surface area (Å²) in [6.07, 6.45) is 4.53. The van der Waals surface area contributed by atoms with Gasteiger partial charge in [0.15, 0.2) is 0 Å². The Bertz CT molecular complexity index is 705. The molecule has 0 aromatic carbocycles. The summed E-state index contributed by atoms with van der Waals surface area (Å²) in [4.78, 5) is 27.7. The summed E-state index contributed by atoms with van der Waals surface area (Å²) in [7, 11) is 1.68. The van der Waals surface area contributed by atoms with Crippen LogP contribution in [0.4, 0.5) is 0 Å². The van der Waals surface area contributed by atoms with Crippen LogP contribution in [-0.4, -0.2) is 54.7 Å². The van der Waals surface area contributed by atoms with Crippen molar-refractivity contribution >= 4 is 23.4 Å². The maximum atomic E-state index is 12.6. The van der Waals surface area contributed by atoms with E-state index in [1.165, 1.54) is 0 Å². The molecule has 25 heavy (non-hydrogen) atoms. The Labute approximate surface area is 151 Å². The second-order valence-electron chi connectivity index (χ2n) is 7.46. The number of amides is 2. The molecule has 3 aliphatic heterocycles. The van der Waals surface area contributed by atoms with Gasteiger partial charge in [-0.05, 0) is 44.8 Å². The minimum Gasteiger partial charge on any atom is -0.365 e. The van der Waals surface area contributed by atoms with Crippen molar-refractivity contribution in [3.05, 3.63) is 23.0 Å². The van der Waals surface area contributed by atoms with Crippen molar-refractivity contribution in [3.63, 3.8) is 0 Å². The van der Waals surface area contributed by atoms with E-state index in [0.29, 0.717) is 30.1 Å². The molecule has 1 saturated carbocycles. The zero-order valence-corrected chi connectivity index (χ0v) is 15.0. The number of rotatable bonds is 4. The molecule has 4 fully saturated rings. The summed E-state index contributed by atoms with van der Waals surface area (Å²) in [5.74, 6) is -0.154. The molecule has 2 bridgehead atoms. The molecule has 1 aliphatic carbocycles. The van der Waals surface area contributed by atoms with E-state index in [-0.39, 0.29) is 11.8 Å². The Morgan fingerprint density at radius 1 is 1.32 bits per heavy atom. The Balaban J connectivity index is 1.49. The third-order valence-electron chi connectivity index (χ3n) is 6.07. The molecule has 8 heteroatoms. The third kappa shape index (κ3) is 2.40. The zero-order valence-electron chi connectivity index (χ0n) is 14.2. The van der Waals surface area contributed by atoms with Crippen LogP contribution >= 0.6 is 11.6 Å². The summed E-state index contributed by atoms with van der Waals surface area (Å²) in [6, 6.07) is 1.59. The van der Waals surface area contributed by atoms with Crippen LogP contribution in [0.15, 0.2) is 12.3 Å². The molecule has 2 amide bonds. The first-order chi connectivity index (χ1) is 11.9. The lowest BCUT2D eigenvalue weighted by molar-refractivity contribution is -0.140. The highest BCUT2D eigenvalue weighted by Gasteiger charge is 2.77. The van der Waals surface area contributed by atoms with Gasteiger partial charge in [-0.2, -0.15) is 0 Å². The number of hydrogen-bond acceptors (Lipinski definition) is 4. The molecule has 0 radical (unpaired) electrons. The Morgan fingerprint density at radius 3 is 2.64 bits per heavy atom. The Hall–Kier alpha value is -1.57. The second kappa shape index (κ2) is 5.72. The van der Waals surface area contributed by atoms with Crippen molar-refractivity contribution < 1.29 is 14.3 Å². The van der Waals surface area contributed by atoms with E-state index < -0.39 is 16.6 Å². The van der Waals surface area contributed by atoms with Crippen molar-refractivity contribution in [1.82, 2.24) is 20.9 Å². The maximum Gasteiger partial charge on any atom is 0.267 e. The quantitative estimate of drug-likeness (QED) is 0.634. The highest BCUT2D eigenvalue weighted by Crippen LogP contribution is 2.68. The largest absolute Gasteiger partial charge is 0.365 e. The highest BCUT2D eigenvalue weighted by atomic mass is 35.5. The van der Waals surface area contributed by atoms with Crippen molar-refractivity contribution in [2.24, 2.45) is 5.41 Å². The van der Waals surface area contributed by atoms with Gasteiger partial charge >= 0.3 is 0 Å². The van der Waals surface area contributed by atoms with Crippen LogP contribution in [0.5, 0.6) is 0 Å². The summed E-state index contributed by atoms with van der Waals surface area (Å²) in [6.45, 7) is 2.10. The van der Waals surface area contributed by atoms with Gasteiger partial charge in [-0.1, -0.05) is 11.6 Å².